The maximum Gasteiger partial charge on any atom is -0.0151 e. The van der Waals surface area contributed by atoms with Gasteiger partial charge in [-0.15, -0.1) is 0 Å². The Morgan fingerprint density at radius 1 is 1.14 bits per heavy atom. The normalized spacial score (nSPS) is 12.3. The maximum atomic E-state index is 3.17. The number of hydrogen-bond donors (Lipinski definition) is 0. The molecule has 0 unspecified atom stereocenters. The summed E-state index contributed by atoms with van der Waals surface area (Å²) >= 11 is 0. The molecule has 0 bridgehead atoms. The lowest BCUT2D eigenvalue weighted by Crippen LogP contribution is -2.08. The van der Waals surface area contributed by atoms with E-state index >= 15 is 0 Å². The molecule has 0 N–H and O–H groups in total. The Morgan fingerprint density at radius 3 is 2.14 bits per heavy atom. The van der Waals surface area contributed by atoms with Crippen molar-refractivity contribution in [3.63, 3.8) is 0 Å². The zero-order valence-corrected chi connectivity index (χ0v) is 9.59. The van der Waals surface area contributed by atoms with E-state index in [2.05, 4.69) is 51.1 Å². The molecular formula is C14H19. The summed E-state index contributed by atoms with van der Waals surface area (Å²) < 4.78 is 0. The Hall–Kier alpha value is -1.04. The second-order valence-electron chi connectivity index (χ2n) is 4.87. The molecule has 0 saturated heterocycles. The van der Waals surface area contributed by atoms with Gasteiger partial charge in [0.25, 0.3) is 0 Å². The van der Waals surface area contributed by atoms with Crippen molar-refractivity contribution in [2.75, 3.05) is 0 Å². The Kier molecular flexibility index (Phi) is 3.51. The van der Waals surface area contributed by atoms with E-state index < -0.39 is 0 Å². The minimum atomic E-state index is 0.367. The van der Waals surface area contributed by atoms with Gasteiger partial charge in [-0.05, 0) is 36.0 Å². The summed E-state index contributed by atoms with van der Waals surface area (Å²) in [6, 6.07) is 8.64. The van der Waals surface area contributed by atoms with E-state index in [0.29, 0.717) is 5.41 Å². The van der Waals surface area contributed by atoms with E-state index in [0.717, 1.165) is 12.0 Å². The van der Waals surface area contributed by atoms with E-state index in [1.165, 1.54) is 5.56 Å². The topological polar surface area (TPSA) is 0 Å². The molecule has 0 aliphatic rings. The molecule has 0 spiro atoms. The first kappa shape index (κ1) is 11.0. The highest BCUT2D eigenvalue weighted by Crippen LogP contribution is 2.20. The molecule has 0 fully saturated rings. The highest BCUT2D eigenvalue weighted by atomic mass is 14.2. The highest BCUT2D eigenvalue weighted by Gasteiger charge is 2.10. The van der Waals surface area contributed by atoms with Gasteiger partial charge in [-0.3, -0.25) is 0 Å². The fraction of sp³-hybridized carbons (Fsp3) is 0.429. The molecule has 14 heavy (non-hydrogen) atoms. The van der Waals surface area contributed by atoms with Crippen LogP contribution in [0.4, 0.5) is 0 Å². The van der Waals surface area contributed by atoms with Crippen molar-refractivity contribution in [2.24, 2.45) is 5.41 Å². The summed E-state index contributed by atoms with van der Waals surface area (Å²) in [5, 5.41) is 0. The molecule has 0 aliphatic heterocycles. The largest absolute Gasteiger partial charge is 0.0792 e. The predicted octanol–water partition coefficient (Wildman–Crippen LogP) is 4.00. The summed E-state index contributed by atoms with van der Waals surface area (Å²) in [6.07, 6.45) is 6.24. The van der Waals surface area contributed by atoms with Crippen molar-refractivity contribution < 1.29 is 0 Å². The first-order chi connectivity index (χ1) is 6.51. The van der Waals surface area contributed by atoms with Gasteiger partial charge in [-0.2, -0.15) is 0 Å². The van der Waals surface area contributed by atoms with E-state index in [1.54, 1.807) is 0 Å². The van der Waals surface area contributed by atoms with Gasteiger partial charge >= 0.3 is 0 Å². The molecule has 0 nitrogen and oxygen atoms in total. The van der Waals surface area contributed by atoms with E-state index in [-0.39, 0.29) is 0 Å². The van der Waals surface area contributed by atoms with Gasteiger partial charge in [0.15, 0.2) is 0 Å². The van der Waals surface area contributed by atoms with Crippen LogP contribution in [0, 0.1) is 11.5 Å². The standard InChI is InChI=1S/C14H19/c1-5-6-12-7-9-13(10-8-12)11-14(2,3)4/h5,7-10H,11H2,1-4H3. The maximum absolute atomic E-state index is 3.17. The molecule has 1 aromatic carbocycles. The molecule has 1 aromatic rings. The van der Waals surface area contributed by atoms with Crippen LogP contribution in [0.3, 0.4) is 0 Å². The number of benzene rings is 1. The quantitative estimate of drug-likeness (QED) is 0.656. The Morgan fingerprint density at radius 2 is 1.71 bits per heavy atom. The summed E-state index contributed by atoms with van der Waals surface area (Å²) in [5.74, 6) is 0. The van der Waals surface area contributed by atoms with Crippen LogP contribution in [0.15, 0.2) is 30.3 Å². The first-order valence-corrected chi connectivity index (χ1v) is 5.14. The van der Waals surface area contributed by atoms with Crippen LogP contribution in [0.25, 0.3) is 0 Å². The SMILES string of the molecule is C/C=[C]/c1ccc(CC(C)(C)C)cc1. The molecule has 0 amide bonds. The zero-order chi connectivity index (χ0) is 10.6. The molecule has 0 saturated carbocycles. The number of hydrogen-bond acceptors (Lipinski definition) is 0. The molecular weight excluding hydrogens is 168 g/mol. The van der Waals surface area contributed by atoms with Gasteiger partial charge in [0.05, 0.1) is 0 Å². The summed E-state index contributed by atoms with van der Waals surface area (Å²) in [7, 11) is 0. The third kappa shape index (κ3) is 3.78. The third-order valence-corrected chi connectivity index (χ3v) is 2.00. The van der Waals surface area contributed by atoms with E-state index in [9.17, 15) is 0 Å². The minimum Gasteiger partial charge on any atom is -0.0792 e. The number of rotatable bonds is 2. The molecule has 1 radical (unpaired) electrons. The van der Waals surface area contributed by atoms with E-state index in [1.807, 2.05) is 13.0 Å². The Balaban J connectivity index is 2.74. The Labute approximate surface area is 87.7 Å². The van der Waals surface area contributed by atoms with Gasteiger partial charge in [-0.1, -0.05) is 51.1 Å². The van der Waals surface area contributed by atoms with Gasteiger partial charge in [0.1, 0.15) is 0 Å². The fourth-order valence-corrected chi connectivity index (χ4v) is 1.50. The van der Waals surface area contributed by atoms with Crippen molar-refractivity contribution in [3.05, 3.63) is 47.5 Å². The fourth-order valence-electron chi connectivity index (χ4n) is 1.50. The van der Waals surface area contributed by atoms with Crippen molar-refractivity contribution in [3.8, 4) is 0 Å². The van der Waals surface area contributed by atoms with Crippen LogP contribution < -0.4 is 0 Å². The van der Waals surface area contributed by atoms with Crippen molar-refractivity contribution in [1.82, 2.24) is 0 Å². The van der Waals surface area contributed by atoms with Gasteiger partial charge in [0, 0.05) is 0 Å². The van der Waals surface area contributed by atoms with Crippen molar-refractivity contribution in [1.29, 1.82) is 0 Å². The Bertz CT molecular complexity index is 296. The molecule has 0 heterocycles. The molecule has 1 rings (SSSR count). The van der Waals surface area contributed by atoms with Crippen LogP contribution in [0.2, 0.25) is 0 Å². The lowest BCUT2D eigenvalue weighted by atomic mass is 9.88. The highest BCUT2D eigenvalue weighted by molar-refractivity contribution is 5.27. The molecule has 0 aliphatic carbocycles. The van der Waals surface area contributed by atoms with Gasteiger partial charge < -0.3 is 0 Å². The summed E-state index contributed by atoms with van der Waals surface area (Å²) in [6.45, 7) is 8.78. The molecule has 0 atom stereocenters. The van der Waals surface area contributed by atoms with Crippen LogP contribution in [-0.4, -0.2) is 0 Å². The summed E-state index contributed by atoms with van der Waals surface area (Å²) in [4.78, 5) is 0. The third-order valence-electron chi connectivity index (χ3n) is 2.00. The van der Waals surface area contributed by atoms with Crippen LogP contribution in [0.5, 0.6) is 0 Å². The lowest BCUT2D eigenvalue weighted by molar-refractivity contribution is 0.411. The zero-order valence-electron chi connectivity index (χ0n) is 9.59. The molecule has 0 aromatic heterocycles. The second kappa shape index (κ2) is 4.45. The minimum absolute atomic E-state index is 0.367. The molecule has 75 valence electrons. The smallest absolute Gasteiger partial charge is 0.0151 e. The van der Waals surface area contributed by atoms with Gasteiger partial charge in [0.2, 0.25) is 0 Å². The lowest BCUT2D eigenvalue weighted by Gasteiger charge is -2.17. The van der Waals surface area contributed by atoms with E-state index in [4.69, 9.17) is 0 Å². The second-order valence-corrected chi connectivity index (χ2v) is 4.87. The predicted molar refractivity (Wildman–Crippen MR) is 62.2 cm³/mol. The summed E-state index contributed by atoms with van der Waals surface area (Å²) in [5.41, 5.74) is 2.93. The van der Waals surface area contributed by atoms with Crippen molar-refractivity contribution in [2.45, 2.75) is 34.1 Å². The average Bonchev–Trinajstić information content (AvgIpc) is 2.06. The number of allylic oxidation sites excluding steroid dienone is 1. The monoisotopic (exact) mass is 187 g/mol. The average molecular weight is 187 g/mol. The van der Waals surface area contributed by atoms with Crippen LogP contribution in [0.1, 0.15) is 38.8 Å². The van der Waals surface area contributed by atoms with Crippen molar-refractivity contribution >= 4 is 0 Å². The van der Waals surface area contributed by atoms with Gasteiger partial charge in [-0.25, -0.2) is 0 Å². The van der Waals surface area contributed by atoms with Crippen LogP contribution in [-0.2, 0) is 6.42 Å². The molecule has 0 heteroatoms. The first-order valence-electron chi connectivity index (χ1n) is 5.14. The van der Waals surface area contributed by atoms with Crippen LogP contribution >= 0.6 is 0 Å².